The first-order valence-electron chi connectivity index (χ1n) is 6.11. The van der Waals surface area contributed by atoms with Gasteiger partial charge in [0.05, 0.1) is 5.75 Å². The molecule has 1 aromatic heterocycles. The van der Waals surface area contributed by atoms with Crippen molar-refractivity contribution in [3.63, 3.8) is 0 Å². The Labute approximate surface area is 108 Å². The number of nitrogens with one attached hydrogen (secondary N) is 1. The highest BCUT2D eigenvalue weighted by molar-refractivity contribution is 7.89. The maximum atomic E-state index is 12.2. The number of hydrogen-bond donors (Lipinski definition) is 1. The molecular weight excluding hydrogens is 250 g/mol. The van der Waals surface area contributed by atoms with Gasteiger partial charge >= 0.3 is 0 Å². The summed E-state index contributed by atoms with van der Waals surface area (Å²) in [5, 5.41) is 3.19. The van der Waals surface area contributed by atoms with E-state index in [9.17, 15) is 8.42 Å². The van der Waals surface area contributed by atoms with Crippen LogP contribution in [0.2, 0.25) is 0 Å². The van der Waals surface area contributed by atoms with Crippen molar-refractivity contribution in [2.45, 2.75) is 13.0 Å². The molecule has 0 spiro atoms. The zero-order valence-corrected chi connectivity index (χ0v) is 11.4. The fourth-order valence-electron chi connectivity index (χ4n) is 2.13. The van der Waals surface area contributed by atoms with Gasteiger partial charge in [0.1, 0.15) is 0 Å². The van der Waals surface area contributed by atoms with Crippen LogP contribution in [0.15, 0.2) is 24.5 Å². The number of rotatable bonds is 5. The number of pyridine rings is 1. The molecule has 2 heterocycles. The largest absolute Gasteiger partial charge is 0.316 e. The van der Waals surface area contributed by atoms with Crippen molar-refractivity contribution >= 4 is 10.0 Å². The number of nitrogens with zero attached hydrogens (tertiary/aromatic N) is 2. The van der Waals surface area contributed by atoms with Crippen LogP contribution >= 0.6 is 0 Å². The van der Waals surface area contributed by atoms with Crippen molar-refractivity contribution < 1.29 is 8.42 Å². The summed E-state index contributed by atoms with van der Waals surface area (Å²) in [6.07, 6.45) is 4.32. The Kier molecular flexibility index (Phi) is 4.31. The van der Waals surface area contributed by atoms with Crippen molar-refractivity contribution in [2.24, 2.45) is 5.92 Å². The minimum atomic E-state index is -3.18. The topological polar surface area (TPSA) is 62.3 Å². The van der Waals surface area contributed by atoms with Gasteiger partial charge in [0.2, 0.25) is 10.0 Å². The summed E-state index contributed by atoms with van der Waals surface area (Å²) < 4.78 is 25.8. The second-order valence-corrected chi connectivity index (χ2v) is 6.88. The van der Waals surface area contributed by atoms with Gasteiger partial charge in [-0.25, -0.2) is 12.7 Å². The highest BCUT2D eigenvalue weighted by Gasteiger charge is 2.25. The molecule has 0 amide bonds. The summed E-state index contributed by atoms with van der Waals surface area (Å²) in [6.45, 7) is 2.11. The van der Waals surface area contributed by atoms with Crippen LogP contribution in [0, 0.1) is 5.92 Å². The standard InChI is InChI=1S/C12H19N3O2S/c1-15(9-11-3-2-5-13-7-11)18(16,17)10-12-4-6-14-8-12/h2-3,5,7,12,14H,4,6,8-10H2,1H3. The number of aromatic nitrogens is 1. The molecule has 1 saturated heterocycles. The summed E-state index contributed by atoms with van der Waals surface area (Å²) >= 11 is 0. The molecule has 5 nitrogen and oxygen atoms in total. The average molecular weight is 269 g/mol. The number of hydrogen-bond acceptors (Lipinski definition) is 4. The van der Waals surface area contributed by atoms with E-state index in [1.54, 1.807) is 19.4 Å². The van der Waals surface area contributed by atoms with Gasteiger partial charge in [-0.1, -0.05) is 6.07 Å². The molecule has 1 aliphatic rings. The molecule has 1 fully saturated rings. The Morgan fingerprint density at radius 2 is 2.39 bits per heavy atom. The molecule has 6 heteroatoms. The van der Waals surface area contributed by atoms with Crippen LogP contribution in [0.4, 0.5) is 0 Å². The first kappa shape index (κ1) is 13.5. The predicted octanol–water partition coefficient (Wildman–Crippen LogP) is 0.453. The highest BCUT2D eigenvalue weighted by Crippen LogP contribution is 2.14. The first-order chi connectivity index (χ1) is 8.58. The minimum absolute atomic E-state index is 0.233. The van der Waals surface area contributed by atoms with Crippen LogP contribution in [-0.2, 0) is 16.6 Å². The van der Waals surface area contributed by atoms with Crippen LogP contribution in [0.25, 0.3) is 0 Å². The van der Waals surface area contributed by atoms with Crippen molar-refractivity contribution in [1.82, 2.24) is 14.6 Å². The molecule has 0 saturated carbocycles. The molecule has 1 aliphatic heterocycles. The lowest BCUT2D eigenvalue weighted by Gasteiger charge is -2.19. The minimum Gasteiger partial charge on any atom is -0.316 e. The molecule has 0 aromatic carbocycles. The van der Waals surface area contributed by atoms with Gasteiger partial charge in [-0.3, -0.25) is 4.98 Å². The Bertz CT molecular complexity index is 469. The van der Waals surface area contributed by atoms with Crippen molar-refractivity contribution in [3.05, 3.63) is 30.1 Å². The quantitative estimate of drug-likeness (QED) is 0.843. The van der Waals surface area contributed by atoms with E-state index in [2.05, 4.69) is 10.3 Å². The SMILES string of the molecule is CN(Cc1cccnc1)S(=O)(=O)CC1CCNC1. The Balaban J connectivity index is 1.96. The summed E-state index contributed by atoms with van der Waals surface area (Å²) in [4.78, 5) is 3.99. The molecule has 1 N–H and O–H groups in total. The fourth-order valence-corrected chi connectivity index (χ4v) is 3.61. The van der Waals surface area contributed by atoms with E-state index in [1.165, 1.54) is 4.31 Å². The van der Waals surface area contributed by atoms with E-state index in [0.717, 1.165) is 25.1 Å². The molecule has 1 atom stereocenters. The van der Waals surface area contributed by atoms with Gasteiger partial charge in [-0.05, 0) is 37.1 Å². The lowest BCUT2D eigenvalue weighted by Crippen LogP contribution is -2.32. The summed E-state index contributed by atoms with van der Waals surface area (Å²) in [6, 6.07) is 3.70. The van der Waals surface area contributed by atoms with Crippen molar-refractivity contribution in [2.75, 3.05) is 25.9 Å². The van der Waals surface area contributed by atoms with Gasteiger partial charge < -0.3 is 5.32 Å². The van der Waals surface area contributed by atoms with Crippen LogP contribution in [0.5, 0.6) is 0 Å². The molecule has 0 radical (unpaired) electrons. The third kappa shape index (κ3) is 3.51. The van der Waals surface area contributed by atoms with Gasteiger partial charge in [0.25, 0.3) is 0 Å². The monoisotopic (exact) mass is 269 g/mol. The Morgan fingerprint density at radius 1 is 1.56 bits per heavy atom. The summed E-state index contributed by atoms with van der Waals surface area (Å²) in [7, 11) is -1.55. The molecule has 1 aromatic rings. The maximum absolute atomic E-state index is 12.2. The normalized spacial score (nSPS) is 20.4. The van der Waals surface area contributed by atoms with Gasteiger partial charge in [0, 0.05) is 26.0 Å². The summed E-state index contributed by atoms with van der Waals surface area (Å²) in [5.41, 5.74) is 0.910. The molecule has 0 bridgehead atoms. The van der Waals surface area contributed by atoms with Crippen molar-refractivity contribution in [1.29, 1.82) is 0 Å². The lowest BCUT2D eigenvalue weighted by molar-refractivity contribution is 0.456. The molecule has 100 valence electrons. The Hall–Kier alpha value is -0.980. The second-order valence-electron chi connectivity index (χ2n) is 4.75. The summed E-state index contributed by atoms with van der Waals surface area (Å²) in [5.74, 6) is 0.475. The maximum Gasteiger partial charge on any atom is 0.214 e. The van der Waals surface area contributed by atoms with Crippen LogP contribution in [-0.4, -0.2) is 43.6 Å². The van der Waals surface area contributed by atoms with Gasteiger partial charge in [0.15, 0.2) is 0 Å². The van der Waals surface area contributed by atoms with Crippen LogP contribution in [0.1, 0.15) is 12.0 Å². The third-order valence-electron chi connectivity index (χ3n) is 3.21. The highest BCUT2D eigenvalue weighted by atomic mass is 32.2. The molecule has 2 rings (SSSR count). The second kappa shape index (κ2) is 5.77. The third-order valence-corrected chi connectivity index (χ3v) is 5.18. The predicted molar refractivity (Wildman–Crippen MR) is 70.5 cm³/mol. The van der Waals surface area contributed by atoms with E-state index >= 15 is 0 Å². The fraction of sp³-hybridized carbons (Fsp3) is 0.583. The zero-order valence-electron chi connectivity index (χ0n) is 10.5. The number of sulfonamides is 1. The van der Waals surface area contributed by atoms with Gasteiger partial charge in [-0.2, -0.15) is 0 Å². The van der Waals surface area contributed by atoms with E-state index in [-0.39, 0.29) is 11.7 Å². The smallest absolute Gasteiger partial charge is 0.214 e. The van der Waals surface area contributed by atoms with Crippen LogP contribution in [0.3, 0.4) is 0 Å². The van der Waals surface area contributed by atoms with Crippen molar-refractivity contribution in [3.8, 4) is 0 Å². The van der Waals surface area contributed by atoms with E-state index in [1.807, 2.05) is 12.1 Å². The first-order valence-corrected chi connectivity index (χ1v) is 7.72. The average Bonchev–Trinajstić information content (AvgIpc) is 2.82. The van der Waals surface area contributed by atoms with Crippen LogP contribution < -0.4 is 5.32 Å². The zero-order chi connectivity index (χ0) is 13.0. The van der Waals surface area contributed by atoms with Gasteiger partial charge in [-0.15, -0.1) is 0 Å². The lowest BCUT2D eigenvalue weighted by atomic mass is 10.2. The molecule has 1 unspecified atom stereocenters. The van der Waals surface area contributed by atoms with E-state index in [0.29, 0.717) is 6.54 Å². The molecular formula is C12H19N3O2S. The van der Waals surface area contributed by atoms with E-state index in [4.69, 9.17) is 0 Å². The molecule has 0 aliphatic carbocycles. The van der Waals surface area contributed by atoms with E-state index < -0.39 is 10.0 Å². The molecule has 18 heavy (non-hydrogen) atoms. The Morgan fingerprint density at radius 3 is 3.00 bits per heavy atom.